The molecule has 11 heavy (non-hydrogen) atoms. The summed E-state index contributed by atoms with van der Waals surface area (Å²) in [5.74, 6) is 0. The van der Waals surface area contributed by atoms with Gasteiger partial charge >= 0.3 is 0 Å². The Bertz CT molecular complexity index is 216. The summed E-state index contributed by atoms with van der Waals surface area (Å²) in [6.45, 7) is 9.11. The lowest BCUT2D eigenvalue weighted by molar-refractivity contribution is 0.259. The Balaban J connectivity index is 2.26. The minimum Gasteiger partial charge on any atom is -0.312 e. The van der Waals surface area contributed by atoms with Crippen LogP contribution in [0.4, 0.5) is 0 Å². The fourth-order valence-corrected chi connectivity index (χ4v) is 1.98. The fourth-order valence-electron chi connectivity index (χ4n) is 1.98. The number of allylic oxidation sites excluding steroid dienone is 1. The maximum atomic E-state index is 3.38. The molecule has 62 valence electrons. The van der Waals surface area contributed by atoms with Crippen LogP contribution < -0.4 is 5.43 Å². The van der Waals surface area contributed by atoms with E-state index >= 15 is 0 Å². The Hall–Kier alpha value is -0.500. The smallest absolute Gasteiger partial charge is 0.0395 e. The Morgan fingerprint density at radius 3 is 2.82 bits per heavy atom. The molecule has 2 rings (SSSR count). The monoisotopic (exact) mass is 152 g/mol. The van der Waals surface area contributed by atoms with Crippen molar-refractivity contribution in [2.75, 3.05) is 13.1 Å². The highest BCUT2D eigenvalue weighted by Gasteiger charge is 2.36. The van der Waals surface area contributed by atoms with Crippen molar-refractivity contribution in [1.29, 1.82) is 0 Å². The molecule has 0 atom stereocenters. The molecule has 1 saturated heterocycles. The standard InChI is InChI=1S/C9H16N2/c1-7-5-10-11-6-9(2,3)4-8(7)11/h10H,4-6H2,1-3H3. The minimum atomic E-state index is 0.476. The van der Waals surface area contributed by atoms with Crippen LogP contribution in [0, 0.1) is 5.41 Å². The van der Waals surface area contributed by atoms with Crippen LogP contribution in [0.3, 0.4) is 0 Å². The van der Waals surface area contributed by atoms with Crippen LogP contribution in [0.25, 0.3) is 0 Å². The van der Waals surface area contributed by atoms with Crippen LogP contribution in [0.2, 0.25) is 0 Å². The highest BCUT2D eigenvalue weighted by Crippen LogP contribution is 2.38. The minimum absolute atomic E-state index is 0.476. The van der Waals surface area contributed by atoms with E-state index in [0.717, 1.165) is 6.54 Å². The molecular formula is C9H16N2. The van der Waals surface area contributed by atoms with Crippen molar-refractivity contribution in [3.8, 4) is 0 Å². The fraction of sp³-hybridized carbons (Fsp3) is 0.778. The summed E-state index contributed by atoms with van der Waals surface area (Å²) in [7, 11) is 0. The van der Waals surface area contributed by atoms with E-state index in [2.05, 4.69) is 31.2 Å². The van der Waals surface area contributed by atoms with E-state index in [1.807, 2.05) is 0 Å². The molecule has 0 aromatic rings. The SMILES string of the molecule is CC1=C2CC(C)(C)CN2NC1. The molecule has 2 heteroatoms. The number of rotatable bonds is 0. The third-order valence-corrected chi connectivity index (χ3v) is 2.59. The van der Waals surface area contributed by atoms with Crippen LogP contribution >= 0.6 is 0 Å². The van der Waals surface area contributed by atoms with E-state index in [-0.39, 0.29) is 0 Å². The number of fused-ring (bicyclic) bond motifs is 1. The summed E-state index contributed by atoms with van der Waals surface area (Å²) < 4.78 is 0. The summed E-state index contributed by atoms with van der Waals surface area (Å²) in [5, 5.41) is 2.31. The molecular weight excluding hydrogens is 136 g/mol. The Morgan fingerprint density at radius 1 is 1.45 bits per heavy atom. The molecule has 0 aromatic carbocycles. The predicted molar refractivity (Wildman–Crippen MR) is 45.8 cm³/mol. The van der Waals surface area contributed by atoms with Crippen molar-refractivity contribution in [1.82, 2.24) is 10.4 Å². The average Bonchev–Trinajstić information content (AvgIpc) is 2.31. The van der Waals surface area contributed by atoms with Gasteiger partial charge in [0.1, 0.15) is 0 Å². The number of nitrogens with zero attached hydrogens (tertiary/aromatic N) is 1. The molecule has 0 aromatic heterocycles. The first-order valence-corrected chi connectivity index (χ1v) is 4.28. The first-order valence-electron chi connectivity index (χ1n) is 4.28. The lowest BCUT2D eigenvalue weighted by atomic mass is 9.91. The lowest BCUT2D eigenvalue weighted by Crippen LogP contribution is -2.32. The lowest BCUT2D eigenvalue weighted by Gasteiger charge is -2.18. The molecule has 1 N–H and O–H groups in total. The molecule has 1 fully saturated rings. The molecule has 0 spiro atoms. The topological polar surface area (TPSA) is 15.3 Å². The van der Waals surface area contributed by atoms with E-state index in [9.17, 15) is 0 Å². The Labute approximate surface area is 68.2 Å². The van der Waals surface area contributed by atoms with E-state index < -0.39 is 0 Å². The van der Waals surface area contributed by atoms with Gasteiger partial charge in [0, 0.05) is 18.8 Å². The maximum Gasteiger partial charge on any atom is 0.0395 e. The molecule has 0 unspecified atom stereocenters. The molecule has 2 nitrogen and oxygen atoms in total. The summed E-state index contributed by atoms with van der Waals surface area (Å²) in [6, 6.07) is 0. The van der Waals surface area contributed by atoms with Crippen molar-refractivity contribution < 1.29 is 0 Å². The van der Waals surface area contributed by atoms with E-state index in [1.54, 1.807) is 0 Å². The van der Waals surface area contributed by atoms with Crippen LogP contribution in [0.15, 0.2) is 11.3 Å². The first-order chi connectivity index (χ1) is 5.08. The van der Waals surface area contributed by atoms with Gasteiger partial charge in [-0.2, -0.15) is 0 Å². The van der Waals surface area contributed by atoms with E-state index in [4.69, 9.17) is 0 Å². The molecule has 0 aliphatic carbocycles. The molecule has 0 radical (unpaired) electrons. The zero-order valence-corrected chi connectivity index (χ0v) is 7.57. The van der Waals surface area contributed by atoms with Crippen molar-refractivity contribution in [3.05, 3.63) is 11.3 Å². The van der Waals surface area contributed by atoms with Gasteiger partial charge < -0.3 is 5.01 Å². The molecule has 0 amide bonds. The van der Waals surface area contributed by atoms with Gasteiger partial charge in [-0.15, -0.1) is 0 Å². The molecule has 2 aliphatic heterocycles. The van der Waals surface area contributed by atoms with Crippen LogP contribution in [-0.4, -0.2) is 18.1 Å². The second-order valence-electron chi connectivity index (χ2n) is 4.49. The van der Waals surface area contributed by atoms with E-state index in [1.165, 1.54) is 24.2 Å². The molecule has 2 heterocycles. The third kappa shape index (κ3) is 1.06. The second kappa shape index (κ2) is 2.01. The van der Waals surface area contributed by atoms with Crippen molar-refractivity contribution in [2.45, 2.75) is 27.2 Å². The quantitative estimate of drug-likeness (QED) is 0.566. The summed E-state index contributed by atoms with van der Waals surface area (Å²) >= 11 is 0. The third-order valence-electron chi connectivity index (χ3n) is 2.59. The average molecular weight is 152 g/mol. The predicted octanol–water partition coefficient (Wildman–Crippen LogP) is 1.51. The Kier molecular flexibility index (Phi) is 1.31. The second-order valence-corrected chi connectivity index (χ2v) is 4.49. The summed E-state index contributed by atoms with van der Waals surface area (Å²) in [5.41, 5.74) is 6.92. The highest BCUT2D eigenvalue weighted by atomic mass is 15.5. The van der Waals surface area contributed by atoms with Gasteiger partial charge in [0.15, 0.2) is 0 Å². The number of hydrazine groups is 1. The van der Waals surface area contributed by atoms with Gasteiger partial charge in [-0.3, -0.25) is 0 Å². The molecule has 0 saturated carbocycles. The number of hydrogen-bond donors (Lipinski definition) is 1. The van der Waals surface area contributed by atoms with Gasteiger partial charge in [0.25, 0.3) is 0 Å². The Morgan fingerprint density at radius 2 is 2.18 bits per heavy atom. The summed E-state index contributed by atoms with van der Waals surface area (Å²) in [4.78, 5) is 0. The van der Waals surface area contributed by atoms with Gasteiger partial charge in [-0.05, 0) is 24.3 Å². The summed E-state index contributed by atoms with van der Waals surface area (Å²) in [6.07, 6.45) is 1.24. The van der Waals surface area contributed by atoms with E-state index in [0.29, 0.717) is 5.41 Å². The van der Waals surface area contributed by atoms with Crippen molar-refractivity contribution in [2.24, 2.45) is 5.41 Å². The highest BCUT2D eigenvalue weighted by molar-refractivity contribution is 5.22. The maximum absolute atomic E-state index is 3.38. The normalized spacial score (nSPS) is 28.1. The van der Waals surface area contributed by atoms with Crippen molar-refractivity contribution >= 4 is 0 Å². The van der Waals surface area contributed by atoms with Gasteiger partial charge in [-0.1, -0.05) is 13.8 Å². The van der Waals surface area contributed by atoms with Crippen LogP contribution in [0.1, 0.15) is 27.2 Å². The zero-order valence-electron chi connectivity index (χ0n) is 7.57. The van der Waals surface area contributed by atoms with Gasteiger partial charge in [0.2, 0.25) is 0 Å². The van der Waals surface area contributed by atoms with Crippen molar-refractivity contribution in [3.63, 3.8) is 0 Å². The van der Waals surface area contributed by atoms with Gasteiger partial charge in [0.05, 0.1) is 0 Å². The number of nitrogens with one attached hydrogen (secondary N) is 1. The van der Waals surface area contributed by atoms with Gasteiger partial charge in [-0.25, -0.2) is 5.43 Å². The largest absolute Gasteiger partial charge is 0.312 e. The first kappa shape index (κ1) is 7.17. The van der Waals surface area contributed by atoms with Crippen LogP contribution in [-0.2, 0) is 0 Å². The van der Waals surface area contributed by atoms with Crippen LogP contribution in [0.5, 0.6) is 0 Å². The zero-order chi connectivity index (χ0) is 8.06. The number of hydrogen-bond acceptors (Lipinski definition) is 2. The molecule has 0 bridgehead atoms. The molecule has 2 aliphatic rings.